The summed E-state index contributed by atoms with van der Waals surface area (Å²) >= 11 is 1.73. The number of aliphatic imine (C=N–C) groups is 1. The van der Waals surface area contributed by atoms with E-state index in [1.807, 2.05) is 25.1 Å². The minimum absolute atomic E-state index is 0.294. The Hall–Kier alpha value is -2.41. The summed E-state index contributed by atoms with van der Waals surface area (Å²) in [5, 5.41) is 0.942. The van der Waals surface area contributed by atoms with Crippen LogP contribution in [-0.4, -0.2) is 37.4 Å². The zero-order chi connectivity index (χ0) is 19.8. The molecule has 0 saturated carbocycles. The fourth-order valence-corrected chi connectivity index (χ4v) is 5.36. The third-order valence-corrected chi connectivity index (χ3v) is 6.57. The number of nitrogens with zero attached hydrogens (tertiary/aromatic N) is 2. The smallest absolute Gasteiger partial charge is 0.338 e. The molecule has 0 unspecified atom stereocenters. The molecule has 1 aromatic rings. The molecule has 2 heterocycles. The van der Waals surface area contributed by atoms with E-state index in [0.29, 0.717) is 22.8 Å². The van der Waals surface area contributed by atoms with Crippen molar-refractivity contribution in [2.24, 2.45) is 4.99 Å². The van der Waals surface area contributed by atoms with Crippen LogP contribution in [0.2, 0.25) is 0 Å². The summed E-state index contributed by atoms with van der Waals surface area (Å²) in [5.74, 6) is 0.940. The van der Waals surface area contributed by atoms with Gasteiger partial charge < -0.3 is 19.1 Å². The van der Waals surface area contributed by atoms with Gasteiger partial charge in [0.05, 0.1) is 38.6 Å². The third-order valence-electron chi connectivity index (χ3n) is 5.41. The average molecular weight is 401 g/mol. The Labute approximate surface area is 169 Å². The summed E-state index contributed by atoms with van der Waals surface area (Å²) in [6.45, 7) is 1.88. The highest BCUT2D eigenvalue weighted by atomic mass is 32.2. The Kier molecular flexibility index (Phi) is 5.10. The second-order valence-electron chi connectivity index (χ2n) is 6.95. The topological polar surface area (TPSA) is 60.4 Å². The fraction of sp³-hybridized carbons (Fsp3) is 0.429. The number of methoxy groups -OCH3 is 3. The van der Waals surface area contributed by atoms with Crippen LogP contribution in [0.1, 0.15) is 44.2 Å². The summed E-state index contributed by atoms with van der Waals surface area (Å²) in [6.07, 6.45) is 4.42. The number of ether oxygens (including phenoxy) is 3. The Morgan fingerprint density at radius 3 is 2.61 bits per heavy atom. The molecule has 7 heteroatoms. The molecule has 0 saturated heterocycles. The van der Waals surface area contributed by atoms with Crippen molar-refractivity contribution < 1.29 is 19.0 Å². The van der Waals surface area contributed by atoms with Gasteiger partial charge in [-0.1, -0.05) is 17.8 Å². The SMILES string of the molecule is COC(=O)C1=C(C)N=C2SC3=C(CCCC3)N2[C@@H]1c1ccc(OC)c(OC)c1. The quantitative estimate of drug-likeness (QED) is 0.699. The molecule has 3 aliphatic rings. The maximum absolute atomic E-state index is 12.7. The summed E-state index contributed by atoms with van der Waals surface area (Å²) < 4.78 is 16.0. The van der Waals surface area contributed by atoms with E-state index < -0.39 is 0 Å². The zero-order valence-electron chi connectivity index (χ0n) is 16.6. The van der Waals surface area contributed by atoms with Gasteiger partial charge >= 0.3 is 5.97 Å². The van der Waals surface area contributed by atoms with Crippen molar-refractivity contribution in [1.29, 1.82) is 0 Å². The van der Waals surface area contributed by atoms with Crippen molar-refractivity contribution in [3.05, 3.63) is 45.6 Å². The van der Waals surface area contributed by atoms with E-state index in [9.17, 15) is 4.79 Å². The van der Waals surface area contributed by atoms with Crippen LogP contribution in [0.25, 0.3) is 0 Å². The molecule has 6 nitrogen and oxygen atoms in total. The van der Waals surface area contributed by atoms with Crippen LogP contribution in [0.4, 0.5) is 0 Å². The highest BCUT2D eigenvalue weighted by molar-refractivity contribution is 8.17. The van der Waals surface area contributed by atoms with Crippen molar-refractivity contribution in [3.8, 4) is 11.5 Å². The molecule has 0 amide bonds. The first kappa shape index (κ1) is 18.9. The largest absolute Gasteiger partial charge is 0.493 e. The van der Waals surface area contributed by atoms with Crippen LogP contribution in [0.15, 0.2) is 45.1 Å². The molecular formula is C21H24N2O4S. The molecule has 0 N–H and O–H groups in total. The lowest BCUT2D eigenvalue weighted by Gasteiger charge is -2.36. The van der Waals surface area contributed by atoms with Gasteiger partial charge in [-0.15, -0.1) is 0 Å². The second kappa shape index (κ2) is 7.54. The number of allylic oxidation sites excluding steroid dienone is 3. The maximum atomic E-state index is 12.7. The predicted molar refractivity (Wildman–Crippen MR) is 109 cm³/mol. The highest BCUT2D eigenvalue weighted by Crippen LogP contribution is 2.51. The van der Waals surface area contributed by atoms with Gasteiger partial charge in [-0.25, -0.2) is 9.79 Å². The van der Waals surface area contributed by atoms with Gasteiger partial charge in [-0.2, -0.15) is 0 Å². The van der Waals surface area contributed by atoms with Gasteiger partial charge in [-0.05, 0) is 50.3 Å². The van der Waals surface area contributed by atoms with Crippen LogP contribution in [-0.2, 0) is 9.53 Å². The molecule has 4 rings (SSSR count). The lowest BCUT2D eigenvalue weighted by molar-refractivity contribution is -0.136. The molecule has 0 radical (unpaired) electrons. The fourth-order valence-electron chi connectivity index (χ4n) is 4.08. The molecule has 1 atom stereocenters. The lowest BCUT2D eigenvalue weighted by Crippen LogP contribution is -2.36. The number of hydrogen-bond donors (Lipinski definition) is 0. The first-order chi connectivity index (χ1) is 13.6. The van der Waals surface area contributed by atoms with Crippen molar-refractivity contribution in [3.63, 3.8) is 0 Å². The molecular weight excluding hydrogens is 376 g/mol. The van der Waals surface area contributed by atoms with E-state index in [-0.39, 0.29) is 12.0 Å². The Morgan fingerprint density at radius 1 is 1.14 bits per heavy atom. The minimum Gasteiger partial charge on any atom is -0.493 e. The van der Waals surface area contributed by atoms with Crippen molar-refractivity contribution in [2.75, 3.05) is 21.3 Å². The number of amidine groups is 1. The predicted octanol–water partition coefficient (Wildman–Crippen LogP) is 4.40. The minimum atomic E-state index is -0.352. The number of carbonyl (C=O) groups excluding carboxylic acids is 1. The summed E-state index contributed by atoms with van der Waals surface area (Å²) in [7, 11) is 4.64. The first-order valence-electron chi connectivity index (χ1n) is 9.37. The van der Waals surface area contributed by atoms with E-state index in [1.165, 1.54) is 24.1 Å². The van der Waals surface area contributed by atoms with Crippen molar-refractivity contribution >= 4 is 22.9 Å². The van der Waals surface area contributed by atoms with Crippen LogP contribution in [0, 0.1) is 0 Å². The average Bonchev–Trinajstić information content (AvgIpc) is 3.09. The van der Waals surface area contributed by atoms with Gasteiger partial charge in [0.2, 0.25) is 0 Å². The molecule has 0 aromatic heterocycles. The van der Waals surface area contributed by atoms with E-state index in [0.717, 1.165) is 30.0 Å². The molecule has 0 fully saturated rings. The summed E-state index contributed by atoms with van der Waals surface area (Å²) in [4.78, 5) is 21.1. The number of thioether (sulfide) groups is 1. The number of benzene rings is 1. The van der Waals surface area contributed by atoms with Gasteiger partial charge in [0.25, 0.3) is 0 Å². The molecule has 28 heavy (non-hydrogen) atoms. The molecule has 0 spiro atoms. The van der Waals surface area contributed by atoms with E-state index in [1.54, 1.807) is 26.0 Å². The van der Waals surface area contributed by atoms with Crippen molar-refractivity contribution in [2.45, 2.75) is 38.6 Å². The Balaban J connectivity index is 1.88. The normalized spacial score (nSPS) is 21.2. The van der Waals surface area contributed by atoms with Gasteiger partial charge in [0, 0.05) is 10.6 Å². The van der Waals surface area contributed by atoms with Crippen LogP contribution >= 0.6 is 11.8 Å². The van der Waals surface area contributed by atoms with Gasteiger partial charge in [0.15, 0.2) is 16.7 Å². The summed E-state index contributed by atoms with van der Waals surface area (Å²) in [5.41, 5.74) is 3.50. The number of carbonyl (C=O) groups is 1. The second-order valence-corrected chi connectivity index (χ2v) is 8.01. The van der Waals surface area contributed by atoms with E-state index in [2.05, 4.69) is 4.90 Å². The number of rotatable bonds is 4. The first-order valence-corrected chi connectivity index (χ1v) is 10.2. The molecule has 1 aliphatic carbocycles. The number of hydrogen-bond acceptors (Lipinski definition) is 7. The van der Waals surface area contributed by atoms with Crippen LogP contribution in [0.3, 0.4) is 0 Å². The molecule has 148 valence electrons. The molecule has 1 aromatic carbocycles. The monoisotopic (exact) mass is 400 g/mol. The lowest BCUT2D eigenvalue weighted by atomic mass is 9.92. The van der Waals surface area contributed by atoms with Crippen LogP contribution in [0.5, 0.6) is 11.5 Å². The van der Waals surface area contributed by atoms with E-state index >= 15 is 0 Å². The zero-order valence-corrected chi connectivity index (χ0v) is 17.4. The van der Waals surface area contributed by atoms with Gasteiger partial charge in [0.1, 0.15) is 0 Å². The molecule has 2 aliphatic heterocycles. The summed E-state index contributed by atoms with van der Waals surface area (Å²) in [6, 6.07) is 5.51. The third kappa shape index (κ3) is 2.98. The highest BCUT2D eigenvalue weighted by Gasteiger charge is 2.43. The van der Waals surface area contributed by atoms with E-state index in [4.69, 9.17) is 19.2 Å². The Morgan fingerprint density at radius 2 is 1.89 bits per heavy atom. The molecule has 0 bridgehead atoms. The number of fused-ring (bicyclic) bond motifs is 2. The van der Waals surface area contributed by atoms with Crippen LogP contribution < -0.4 is 9.47 Å². The van der Waals surface area contributed by atoms with Crippen molar-refractivity contribution in [1.82, 2.24) is 4.90 Å². The standard InChI is InChI=1S/C21H24N2O4S/c1-12-18(20(24)27-4)19(13-9-10-15(25-2)16(11-13)26-3)23-14-7-5-6-8-17(14)28-21(23)22-12/h9-11,19H,5-8H2,1-4H3/t19-/m1/s1. The maximum Gasteiger partial charge on any atom is 0.338 e. The number of esters is 1. The van der Waals surface area contributed by atoms with Gasteiger partial charge in [-0.3, -0.25) is 0 Å². The Bertz CT molecular complexity index is 919.